The highest BCUT2D eigenvalue weighted by Gasteiger charge is 1.97. The Hall–Kier alpha value is -1.00. The molecule has 0 aromatic heterocycles. The largest absolute Gasteiger partial charge is 0.388 e. The van der Waals surface area contributed by atoms with E-state index in [0.29, 0.717) is 11.5 Å². The van der Waals surface area contributed by atoms with Gasteiger partial charge in [0, 0.05) is 6.54 Å². The highest BCUT2D eigenvalue weighted by atomic mass is 32.1. The Labute approximate surface area is 88.1 Å². The average molecular weight is 210 g/mol. The molecule has 0 atom stereocenters. The van der Waals surface area contributed by atoms with Crippen molar-refractivity contribution >= 4 is 34.4 Å². The molecule has 0 amide bonds. The zero-order valence-electron chi connectivity index (χ0n) is 6.99. The van der Waals surface area contributed by atoms with Crippen LogP contribution in [0.15, 0.2) is 30.3 Å². The van der Waals surface area contributed by atoms with E-state index in [1.807, 2.05) is 30.3 Å². The molecule has 0 spiro atoms. The van der Waals surface area contributed by atoms with Crippen molar-refractivity contribution in [2.45, 2.75) is 6.54 Å². The van der Waals surface area contributed by atoms with Gasteiger partial charge in [-0.1, -0.05) is 54.8 Å². The smallest absolute Gasteiger partial charge is 0.134 e. The van der Waals surface area contributed by atoms with Gasteiger partial charge in [0.25, 0.3) is 0 Å². The second-order valence-corrected chi connectivity index (χ2v) is 3.38. The van der Waals surface area contributed by atoms with Gasteiger partial charge in [0.05, 0.1) is 0 Å². The van der Waals surface area contributed by atoms with Gasteiger partial charge in [-0.2, -0.15) is 0 Å². The van der Waals surface area contributed by atoms with Gasteiger partial charge in [0.15, 0.2) is 0 Å². The third-order valence-corrected chi connectivity index (χ3v) is 2.22. The summed E-state index contributed by atoms with van der Waals surface area (Å²) in [5.74, 6) is 0. The van der Waals surface area contributed by atoms with Crippen LogP contribution in [0.2, 0.25) is 0 Å². The minimum absolute atomic E-state index is 0.242. The van der Waals surface area contributed by atoms with Gasteiger partial charge >= 0.3 is 0 Å². The zero-order chi connectivity index (χ0) is 9.68. The van der Waals surface area contributed by atoms with E-state index in [2.05, 4.69) is 5.32 Å². The minimum atomic E-state index is 0.242. The summed E-state index contributed by atoms with van der Waals surface area (Å²) in [4.78, 5) is 0.685. The van der Waals surface area contributed by atoms with Crippen molar-refractivity contribution in [3.05, 3.63) is 35.9 Å². The van der Waals surface area contributed by atoms with Gasteiger partial charge in [-0.15, -0.1) is 0 Å². The molecule has 0 aliphatic rings. The maximum atomic E-state index is 5.33. The Kier molecular flexibility index (Phi) is 3.79. The first-order chi connectivity index (χ1) is 6.20. The fraction of sp³-hybridized carbons (Fsp3) is 0.111. The average Bonchev–Trinajstić information content (AvgIpc) is 2.15. The number of thiocarbonyl (C=S) groups is 2. The second kappa shape index (κ2) is 4.89. The molecular weight excluding hydrogens is 200 g/mol. The van der Waals surface area contributed by atoms with E-state index >= 15 is 0 Å². The van der Waals surface area contributed by atoms with E-state index in [-0.39, 0.29) is 4.99 Å². The van der Waals surface area contributed by atoms with Crippen LogP contribution < -0.4 is 11.1 Å². The molecule has 0 aliphatic heterocycles. The molecule has 0 radical (unpaired) electrons. The normalized spacial score (nSPS) is 9.23. The topological polar surface area (TPSA) is 38.0 Å². The third-order valence-electron chi connectivity index (χ3n) is 1.52. The predicted octanol–water partition coefficient (Wildman–Crippen LogP) is 1.39. The van der Waals surface area contributed by atoms with Crippen LogP contribution in [0.4, 0.5) is 0 Å². The van der Waals surface area contributed by atoms with Crippen molar-refractivity contribution in [1.82, 2.24) is 5.32 Å². The molecule has 0 fully saturated rings. The SMILES string of the molecule is NC(=S)C(=S)NCc1ccccc1. The number of hydrogen-bond donors (Lipinski definition) is 2. The van der Waals surface area contributed by atoms with Crippen LogP contribution in [0.3, 0.4) is 0 Å². The molecule has 0 bridgehead atoms. The molecule has 1 aromatic rings. The van der Waals surface area contributed by atoms with E-state index in [4.69, 9.17) is 30.2 Å². The van der Waals surface area contributed by atoms with Crippen LogP contribution in [-0.4, -0.2) is 9.98 Å². The van der Waals surface area contributed by atoms with Crippen LogP contribution >= 0.6 is 24.4 Å². The molecule has 0 saturated heterocycles. The maximum Gasteiger partial charge on any atom is 0.134 e. The van der Waals surface area contributed by atoms with E-state index in [0.717, 1.165) is 5.56 Å². The molecular formula is C9H10N2S2. The van der Waals surface area contributed by atoms with E-state index < -0.39 is 0 Å². The lowest BCUT2D eigenvalue weighted by Crippen LogP contribution is -2.32. The van der Waals surface area contributed by atoms with Crippen LogP contribution in [-0.2, 0) is 6.54 Å². The second-order valence-electron chi connectivity index (χ2n) is 2.53. The number of rotatable bonds is 2. The van der Waals surface area contributed by atoms with E-state index in [9.17, 15) is 0 Å². The molecule has 0 saturated carbocycles. The van der Waals surface area contributed by atoms with Crippen LogP contribution in [0.5, 0.6) is 0 Å². The highest BCUT2D eigenvalue weighted by molar-refractivity contribution is 7.89. The number of hydrogen-bond acceptors (Lipinski definition) is 2. The summed E-state index contributed by atoms with van der Waals surface area (Å²) >= 11 is 9.61. The van der Waals surface area contributed by atoms with Crippen LogP contribution in [0.1, 0.15) is 5.56 Å². The summed E-state index contributed by atoms with van der Waals surface area (Å²) in [6.45, 7) is 0.664. The third kappa shape index (κ3) is 3.48. The lowest BCUT2D eigenvalue weighted by molar-refractivity contribution is 0.935. The lowest BCUT2D eigenvalue weighted by atomic mass is 10.2. The fourth-order valence-electron chi connectivity index (χ4n) is 0.865. The first-order valence-corrected chi connectivity index (χ1v) is 4.63. The Morgan fingerprint density at radius 2 is 1.85 bits per heavy atom. The fourth-order valence-corrected chi connectivity index (χ4v) is 1.01. The van der Waals surface area contributed by atoms with Crippen molar-refractivity contribution in [2.75, 3.05) is 0 Å². The molecule has 3 N–H and O–H groups in total. The van der Waals surface area contributed by atoms with Gasteiger partial charge in [-0.3, -0.25) is 0 Å². The lowest BCUT2D eigenvalue weighted by Gasteiger charge is -2.05. The van der Waals surface area contributed by atoms with Gasteiger partial charge < -0.3 is 11.1 Å². The number of nitrogens with two attached hydrogens (primary N) is 1. The molecule has 4 heteroatoms. The Balaban J connectivity index is 2.44. The zero-order valence-corrected chi connectivity index (χ0v) is 8.62. The highest BCUT2D eigenvalue weighted by Crippen LogP contribution is 1.96. The van der Waals surface area contributed by atoms with Crippen molar-refractivity contribution in [2.24, 2.45) is 5.73 Å². The standard InChI is InChI=1S/C9H10N2S2/c10-8(12)9(13)11-6-7-4-2-1-3-5-7/h1-5H,6H2,(H2,10,12)(H,11,13). The molecule has 1 rings (SSSR count). The van der Waals surface area contributed by atoms with Crippen LogP contribution in [0.25, 0.3) is 0 Å². The van der Waals surface area contributed by atoms with Gasteiger partial charge in [0.1, 0.15) is 9.98 Å². The Bertz CT molecular complexity index is 309. The minimum Gasteiger partial charge on any atom is -0.388 e. The summed E-state index contributed by atoms with van der Waals surface area (Å²) in [6, 6.07) is 9.93. The maximum absolute atomic E-state index is 5.33. The van der Waals surface area contributed by atoms with E-state index in [1.165, 1.54) is 0 Å². The van der Waals surface area contributed by atoms with E-state index in [1.54, 1.807) is 0 Å². The molecule has 13 heavy (non-hydrogen) atoms. The van der Waals surface area contributed by atoms with Crippen molar-refractivity contribution in [1.29, 1.82) is 0 Å². The van der Waals surface area contributed by atoms with Gasteiger partial charge in [-0.05, 0) is 5.56 Å². The molecule has 68 valence electrons. The molecule has 2 nitrogen and oxygen atoms in total. The summed E-state index contributed by atoms with van der Waals surface area (Å²) in [7, 11) is 0. The van der Waals surface area contributed by atoms with Crippen molar-refractivity contribution in [3.8, 4) is 0 Å². The summed E-state index contributed by atoms with van der Waals surface area (Å²) in [5.41, 5.74) is 6.48. The van der Waals surface area contributed by atoms with Gasteiger partial charge in [0.2, 0.25) is 0 Å². The number of nitrogens with one attached hydrogen (secondary N) is 1. The molecule has 1 aromatic carbocycles. The quantitative estimate of drug-likeness (QED) is 0.724. The van der Waals surface area contributed by atoms with Crippen molar-refractivity contribution < 1.29 is 0 Å². The first-order valence-electron chi connectivity index (χ1n) is 3.81. The Morgan fingerprint density at radius 1 is 1.23 bits per heavy atom. The van der Waals surface area contributed by atoms with Crippen molar-refractivity contribution in [3.63, 3.8) is 0 Å². The van der Waals surface area contributed by atoms with Gasteiger partial charge in [-0.25, -0.2) is 0 Å². The summed E-state index contributed by atoms with van der Waals surface area (Å²) in [6.07, 6.45) is 0. The molecule has 0 unspecified atom stereocenters. The summed E-state index contributed by atoms with van der Waals surface area (Å²) in [5, 5.41) is 2.96. The first kappa shape index (κ1) is 10.1. The monoisotopic (exact) mass is 210 g/mol. The number of benzene rings is 1. The summed E-state index contributed by atoms with van der Waals surface area (Å²) < 4.78 is 0. The molecule has 0 heterocycles. The Morgan fingerprint density at radius 3 is 2.38 bits per heavy atom. The predicted molar refractivity (Wildman–Crippen MR) is 62.7 cm³/mol. The molecule has 0 aliphatic carbocycles. The van der Waals surface area contributed by atoms with Crippen LogP contribution in [0, 0.1) is 0 Å².